The van der Waals surface area contributed by atoms with Crippen LogP contribution in [0.25, 0.3) is 10.9 Å². The molecule has 23 heavy (non-hydrogen) atoms. The predicted molar refractivity (Wildman–Crippen MR) is 92.8 cm³/mol. The van der Waals surface area contributed by atoms with Gasteiger partial charge in [-0.25, -0.2) is 4.98 Å². The van der Waals surface area contributed by atoms with Gasteiger partial charge in [0.1, 0.15) is 5.82 Å². The Morgan fingerprint density at radius 1 is 1.39 bits per heavy atom. The molecule has 1 fully saturated rings. The minimum absolute atomic E-state index is 0.00524. The molecule has 1 N–H and O–H groups in total. The Hall–Kier alpha value is -1.65. The van der Waals surface area contributed by atoms with E-state index in [0.717, 1.165) is 31.3 Å². The van der Waals surface area contributed by atoms with Gasteiger partial charge in [0.15, 0.2) is 0 Å². The second kappa shape index (κ2) is 7.28. The van der Waals surface area contributed by atoms with Crippen LogP contribution in [-0.2, 0) is 9.53 Å². The molecule has 0 radical (unpaired) electrons. The molecule has 5 heteroatoms. The predicted octanol–water partition coefficient (Wildman–Crippen LogP) is 4.42. The maximum atomic E-state index is 12.3. The lowest BCUT2D eigenvalue weighted by Crippen LogP contribution is -2.28. The van der Waals surface area contributed by atoms with Crippen LogP contribution in [0.2, 0.25) is 5.02 Å². The second-order valence-electron chi connectivity index (χ2n) is 6.05. The molecule has 1 aliphatic rings. The molecular formula is C18H21ClN2O2. The first kappa shape index (κ1) is 16.2. The Morgan fingerprint density at radius 2 is 2.26 bits per heavy atom. The third-order valence-electron chi connectivity index (χ3n) is 4.34. The van der Waals surface area contributed by atoms with Gasteiger partial charge in [-0.2, -0.15) is 0 Å². The number of hydrogen-bond donors (Lipinski definition) is 1. The third-order valence-corrected chi connectivity index (χ3v) is 4.65. The molecular weight excluding hydrogens is 312 g/mol. The topological polar surface area (TPSA) is 51.2 Å². The van der Waals surface area contributed by atoms with Gasteiger partial charge >= 0.3 is 0 Å². The Balaban J connectivity index is 1.64. The number of benzene rings is 1. The molecule has 4 nitrogen and oxygen atoms in total. The van der Waals surface area contributed by atoms with Gasteiger partial charge in [0, 0.05) is 18.4 Å². The van der Waals surface area contributed by atoms with Crippen molar-refractivity contribution in [3.8, 4) is 0 Å². The van der Waals surface area contributed by atoms with E-state index in [4.69, 9.17) is 16.3 Å². The largest absolute Gasteiger partial charge is 0.378 e. The van der Waals surface area contributed by atoms with Gasteiger partial charge in [0.25, 0.3) is 0 Å². The SMILES string of the molecule is CCC1CC(CC(=O)Nc2ccc3cccc(Cl)c3n2)CCO1. The zero-order valence-corrected chi connectivity index (χ0v) is 14.0. The average Bonchev–Trinajstić information content (AvgIpc) is 2.56. The normalized spacial score (nSPS) is 21.3. The van der Waals surface area contributed by atoms with E-state index in [2.05, 4.69) is 17.2 Å². The highest BCUT2D eigenvalue weighted by Gasteiger charge is 2.23. The van der Waals surface area contributed by atoms with Crippen molar-refractivity contribution >= 4 is 34.2 Å². The van der Waals surface area contributed by atoms with Crippen molar-refractivity contribution in [2.75, 3.05) is 11.9 Å². The molecule has 1 saturated heterocycles. The first-order valence-corrected chi connectivity index (χ1v) is 8.50. The molecule has 0 aliphatic carbocycles. The Morgan fingerprint density at radius 3 is 3.09 bits per heavy atom. The second-order valence-corrected chi connectivity index (χ2v) is 6.46. The molecule has 2 atom stereocenters. The van der Waals surface area contributed by atoms with E-state index in [1.54, 1.807) is 6.07 Å². The molecule has 1 amide bonds. The molecule has 1 aromatic carbocycles. The number of pyridine rings is 1. The van der Waals surface area contributed by atoms with Crippen LogP contribution < -0.4 is 5.32 Å². The average molecular weight is 333 g/mol. The fraction of sp³-hybridized carbons (Fsp3) is 0.444. The molecule has 2 unspecified atom stereocenters. The van der Waals surface area contributed by atoms with Gasteiger partial charge in [-0.3, -0.25) is 4.79 Å². The number of aromatic nitrogens is 1. The van der Waals surface area contributed by atoms with Crippen molar-refractivity contribution in [1.82, 2.24) is 4.98 Å². The van der Waals surface area contributed by atoms with Crippen molar-refractivity contribution < 1.29 is 9.53 Å². The molecule has 0 saturated carbocycles. The zero-order valence-electron chi connectivity index (χ0n) is 13.2. The van der Waals surface area contributed by atoms with E-state index in [9.17, 15) is 4.79 Å². The standard InChI is InChI=1S/C18H21ClN2O2/c1-2-14-10-12(8-9-23-14)11-17(22)20-16-7-6-13-4-3-5-15(19)18(13)21-16/h3-7,12,14H,2,8-11H2,1H3,(H,20,21,22). The molecule has 0 spiro atoms. The first-order chi connectivity index (χ1) is 11.2. The molecule has 3 rings (SSSR count). The third kappa shape index (κ3) is 4.01. The van der Waals surface area contributed by atoms with Crippen LogP contribution in [0.4, 0.5) is 5.82 Å². The fourth-order valence-corrected chi connectivity index (χ4v) is 3.29. The Labute approximate surface area is 141 Å². The summed E-state index contributed by atoms with van der Waals surface area (Å²) in [6.07, 6.45) is 3.71. The van der Waals surface area contributed by atoms with E-state index in [-0.39, 0.29) is 5.91 Å². The molecule has 0 bridgehead atoms. The summed E-state index contributed by atoms with van der Waals surface area (Å²) < 4.78 is 5.66. The van der Waals surface area contributed by atoms with Crippen molar-refractivity contribution in [3.63, 3.8) is 0 Å². The number of para-hydroxylation sites is 1. The Bertz CT molecular complexity index is 704. The van der Waals surface area contributed by atoms with Crippen molar-refractivity contribution in [2.45, 2.75) is 38.7 Å². The lowest BCUT2D eigenvalue weighted by molar-refractivity contribution is -0.118. The number of halogens is 1. The van der Waals surface area contributed by atoms with Crippen LogP contribution in [0.5, 0.6) is 0 Å². The summed E-state index contributed by atoms with van der Waals surface area (Å²) in [4.78, 5) is 16.7. The highest BCUT2D eigenvalue weighted by atomic mass is 35.5. The Kier molecular flexibility index (Phi) is 5.13. The van der Waals surface area contributed by atoms with Crippen molar-refractivity contribution in [1.29, 1.82) is 0 Å². The van der Waals surface area contributed by atoms with E-state index in [1.807, 2.05) is 24.3 Å². The van der Waals surface area contributed by atoms with Crippen LogP contribution >= 0.6 is 11.6 Å². The van der Waals surface area contributed by atoms with Gasteiger partial charge in [0.2, 0.25) is 5.91 Å². The van der Waals surface area contributed by atoms with Crippen LogP contribution in [0, 0.1) is 5.92 Å². The minimum atomic E-state index is 0.00524. The number of hydrogen-bond acceptors (Lipinski definition) is 3. The van der Waals surface area contributed by atoms with Crippen molar-refractivity contribution in [3.05, 3.63) is 35.4 Å². The number of carbonyl (C=O) groups is 1. The smallest absolute Gasteiger partial charge is 0.225 e. The maximum Gasteiger partial charge on any atom is 0.225 e. The summed E-state index contributed by atoms with van der Waals surface area (Å²) in [5.74, 6) is 0.943. The number of ether oxygens (including phenoxy) is 1. The summed E-state index contributed by atoms with van der Waals surface area (Å²) in [6, 6.07) is 9.38. The fourth-order valence-electron chi connectivity index (χ4n) is 3.07. The summed E-state index contributed by atoms with van der Waals surface area (Å²) >= 11 is 6.16. The molecule has 122 valence electrons. The number of carbonyl (C=O) groups excluding carboxylic acids is 1. The van der Waals surface area contributed by atoms with Gasteiger partial charge in [-0.1, -0.05) is 30.7 Å². The van der Waals surface area contributed by atoms with Gasteiger partial charge in [-0.15, -0.1) is 0 Å². The number of nitrogens with one attached hydrogen (secondary N) is 1. The van der Waals surface area contributed by atoms with Crippen molar-refractivity contribution in [2.24, 2.45) is 5.92 Å². The summed E-state index contributed by atoms with van der Waals surface area (Å²) in [7, 11) is 0. The number of anilines is 1. The molecule has 2 heterocycles. The number of amides is 1. The number of fused-ring (bicyclic) bond motifs is 1. The quantitative estimate of drug-likeness (QED) is 0.901. The van der Waals surface area contributed by atoms with Gasteiger partial charge in [0.05, 0.1) is 16.6 Å². The monoisotopic (exact) mass is 332 g/mol. The minimum Gasteiger partial charge on any atom is -0.378 e. The zero-order chi connectivity index (χ0) is 16.2. The molecule has 1 aromatic heterocycles. The van der Waals surface area contributed by atoms with Crippen LogP contribution in [0.3, 0.4) is 0 Å². The van der Waals surface area contributed by atoms with E-state index >= 15 is 0 Å². The maximum absolute atomic E-state index is 12.3. The molecule has 2 aromatic rings. The highest BCUT2D eigenvalue weighted by Crippen LogP contribution is 2.26. The van der Waals surface area contributed by atoms with Crippen LogP contribution in [0.1, 0.15) is 32.6 Å². The summed E-state index contributed by atoms with van der Waals surface area (Å²) in [6.45, 7) is 2.87. The molecule has 1 aliphatic heterocycles. The summed E-state index contributed by atoms with van der Waals surface area (Å²) in [5.41, 5.74) is 0.712. The highest BCUT2D eigenvalue weighted by molar-refractivity contribution is 6.35. The van der Waals surface area contributed by atoms with E-state index in [0.29, 0.717) is 34.8 Å². The van der Waals surface area contributed by atoms with Crippen LogP contribution in [-0.4, -0.2) is 23.6 Å². The number of nitrogens with zero attached hydrogens (tertiary/aromatic N) is 1. The van der Waals surface area contributed by atoms with E-state index in [1.165, 1.54) is 0 Å². The lowest BCUT2D eigenvalue weighted by Gasteiger charge is -2.28. The van der Waals surface area contributed by atoms with Crippen LogP contribution in [0.15, 0.2) is 30.3 Å². The van der Waals surface area contributed by atoms with Gasteiger partial charge < -0.3 is 10.1 Å². The number of rotatable bonds is 4. The van der Waals surface area contributed by atoms with E-state index < -0.39 is 0 Å². The lowest BCUT2D eigenvalue weighted by atomic mass is 9.91. The first-order valence-electron chi connectivity index (χ1n) is 8.12. The van der Waals surface area contributed by atoms with Gasteiger partial charge in [-0.05, 0) is 43.4 Å². The summed E-state index contributed by atoms with van der Waals surface area (Å²) in [5, 5.41) is 4.45.